The van der Waals surface area contributed by atoms with Crippen LogP contribution in [0.2, 0.25) is 0 Å². The topological polar surface area (TPSA) is 70.2 Å². The van der Waals surface area contributed by atoms with Crippen LogP contribution in [0.3, 0.4) is 0 Å². The highest BCUT2D eigenvalue weighted by atomic mass is 16.2. The normalized spacial score (nSPS) is 17.1. The summed E-state index contributed by atoms with van der Waals surface area (Å²) in [6, 6.07) is 16.2. The molecule has 2 aromatic carbocycles. The Morgan fingerprint density at radius 3 is 2.50 bits per heavy atom. The first kappa shape index (κ1) is 15.8. The molecule has 0 fully saturated rings. The summed E-state index contributed by atoms with van der Waals surface area (Å²) >= 11 is 0. The molecule has 0 saturated heterocycles. The smallest absolute Gasteiger partial charge is 0.319 e. The van der Waals surface area contributed by atoms with Gasteiger partial charge in [0.15, 0.2) is 0 Å². The third-order valence-electron chi connectivity index (χ3n) is 3.92. The number of nitrogens with one attached hydrogen (secondary N) is 3. The van der Waals surface area contributed by atoms with Crippen molar-refractivity contribution in [2.24, 2.45) is 0 Å². The van der Waals surface area contributed by atoms with Gasteiger partial charge in [0.25, 0.3) is 5.91 Å². The summed E-state index contributed by atoms with van der Waals surface area (Å²) in [6.45, 7) is 3.72. The van der Waals surface area contributed by atoms with Gasteiger partial charge in [0.05, 0.1) is 11.6 Å². The highest BCUT2D eigenvalue weighted by Crippen LogP contribution is 2.28. The molecule has 0 radical (unpaired) electrons. The summed E-state index contributed by atoms with van der Waals surface area (Å²) in [4.78, 5) is 24.7. The van der Waals surface area contributed by atoms with Gasteiger partial charge < -0.3 is 16.0 Å². The Balaban J connectivity index is 1.96. The van der Waals surface area contributed by atoms with Crippen molar-refractivity contribution in [3.05, 3.63) is 77.0 Å². The third-order valence-corrected chi connectivity index (χ3v) is 3.92. The van der Waals surface area contributed by atoms with Crippen molar-refractivity contribution in [1.82, 2.24) is 10.6 Å². The van der Waals surface area contributed by atoms with E-state index in [-0.39, 0.29) is 11.9 Å². The molecule has 24 heavy (non-hydrogen) atoms. The molecule has 3 N–H and O–H groups in total. The van der Waals surface area contributed by atoms with Gasteiger partial charge in [-0.15, -0.1) is 0 Å². The Labute approximate surface area is 140 Å². The summed E-state index contributed by atoms with van der Waals surface area (Å²) in [5, 5.41) is 8.40. The molecule has 0 saturated carbocycles. The average Bonchev–Trinajstić information content (AvgIpc) is 2.55. The van der Waals surface area contributed by atoms with Crippen LogP contribution < -0.4 is 16.0 Å². The zero-order valence-electron chi connectivity index (χ0n) is 13.6. The first-order chi connectivity index (χ1) is 11.5. The number of aryl methyl sites for hydroxylation is 1. The Bertz CT molecular complexity index is 812. The maximum Gasteiger partial charge on any atom is 0.319 e. The molecule has 1 aliphatic rings. The monoisotopic (exact) mass is 321 g/mol. The van der Waals surface area contributed by atoms with Crippen LogP contribution in [0, 0.1) is 6.92 Å². The zero-order chi connectivity index (χ0) is 17.1. The van der Waals surface area contributed by atoms with E-state index in [1.54, 1.807) is 6.92 Å². The van der Waals surface area contributed by atoms with Gasteiger partial charge in [0, 0.05) is 11.4 Å². The number of benzene rings is 2. The second-order valence-corrected chi connectivity index (χ2v) is 5.80. The molecule has 1 heterocycles. The number of carbonyl (C=O) groups is 2. The summed E-state index contributed by atoms with van der Waals surface area (Å²) in [7, 11) is 0. The molecule has 3 rings (SSSR count). The van der Waals surface area contributed by atoms with E-state index in [0.29, 0.717) is 17.0 Å². The van der Waals surface area contributed by atoms with Crippen molar-refractivity contribution in [3.63, 3.8) is 0 Å². The molecular formula is C19H19N3O2. The van der Waals surface area contributed by atoms with Gasteiger partial charge in [-0.25, -0.2) is 4.79 Å². The minimum Gasteiger partial charge on any atom is -0.327 e. The molecular weight excluding hydrogens is 302 g/mol. The fourth-order valence-corrected chi connectivity index (χ4v) is 2.81. The highest BCUT2D eigenvalue weighted by molar-refractivity contribution is 6.06. The lowest BCUT2D eigenvalue weighted by molar-refractivity contribution is -0.113. The van der Waals surface area contributed by atoms with Crippen LogP contribution in [-0.4, -0.2) is 11.9 Å². The number of rotatable bonds is 3. The molecule has 0 aliphatic carbocycles. The van der Waals surface area contributed by atoms with Crippen molar-refractivity contribution in [2.45, 2.75) is 19.9 Å². The van der Waals surface area contributed by atoms with E-state index in [1.165, 1.54) is 0 Å². The van der Waals surface area contributed by atoms with E-state index in [9.17, 15) is 9.59 Å². The minimum atomic E-state index is -0.484. The zero-order valence-corrected chi connectivity index (χ0v) is 13.6. The van der Waals surface area contributed by atoms with E-state index in [4.69, 9.17) is 0 Å². The Morgan fingerprint density at radius 2 is 1.79 bits per heavy atom. The van der Waals surface area contributed by atoms with Gasteiger partial charge in [0.1, 0.15) is 0 Å². The predicted molar refractivity (Wildman–Crippen MR) is 93.4 cm³/mol. The quantitative estimate of drug-likeness (QED) is 0.812. The standard InChI is InChI=1S/C19H19N3O2/c1-12-7-6-8-14(11-12)17-16(13(2)20-19(24)22-17)18(23)21-15-9-4-3-5-10-15/h3-11,17H,1-2H3,(H,21,23)(H2,20,22,24)/t17-/m1/s1. The molecule has 0 aromatic heterocycles. The number of para-hydroxylation sites is 1. The van der Waals surface area contributed by atoms with Crippen LogP contribution in [0.5, 0.6) is 0 Å². The Hall–Kier alpha value is -3.08. The SMILES string of the molecule is CC1=C(C(=O)Nc2ccccc2)[C@@H](c2cccc(C)c2)NC(=O)N1. The summed E-state index contributed by atoms with van der Waals surface area (Å²) in [6.07, 6.45) is 0. The number of amides is 3. The van der Waals surface area contributed by atoms with Gasteiger partial charge in [-0.05, 0) is 31.5 Å². The highest BCUT2D eigenvalue weighted by Gasteiger charge is 2.31. The van der Waals surface area contributed by atoms with Crippen LogP contribution in [0.15, 0.2) is 65.9 Å². The van der Waals surface area contributed by atoms with Crippen molar-refractivity contribution in [3.8, 4) is 0 Å². The number of urea groups is 1. The second kappa shape index (κ2) is 6.58. The van der Waals surface area contributed by atoms with Gasteiger partial charge in [-0.2, -0.15) is 0 Å². The summed E-state index contributed by atoms with van der Waals surface area (Å²) in [5.41, 5.74) is 3.72. The fraction of sp³-hybridized carbons (Fsp3) is 0.158. The van der Waals surface area contributed by atoms with Crippen molar-refractivity contribution in [1.29, 1.82) is 0 Å². The van der Waals surface area contributed by atoms with Crippen LogP contribution in [0.1, 0.15) is 24.1 Å². The molecule has 0 bridgehead atoms. The van der Waals surface area contributed by atoms with Crippen molar-refractivity contribution < 1.29 is 9.59 Å². The van der Waals surface area contributed by atoms with E-state index >= 15 is 0 Å². The van der Waals surface area contributed by atoms with Crippen LogP contribution in [-0.2, 0) is 4.79 Å². The summed E-state index contributed by atoms with van der Waals surface area (Å²) < 4.78 is 0. The first-order valence-corrected chi connectivity index (χ1v) is 7.76. The number of anilines is 1. The van der Waals surface area contributed by atoms with Crippen LogP contribution in [0.25, 0.3) is 0 Å². The lowest BCUT2D eigenvalue weighted by Gasteiger charge is -2.28. The molecule has 0 unspecified atom stereocenters. The molecule has 2 aromatic rings. The molecule has 122 valence electrons. The van der Waals surface area contributed by atoms with Crippen molar-refractivity contribution in [2.75, 3.05) is 5.32 Å². The van der Waals surface area contributed by atoms with E-state index in [0.717, 1.165) is 11.1 Å². The predicted octanol–water partition coefficient (Wildman–Crippen LogP) is 3.26. The molecule has 3 amide bonds. The molecule has 0 spiro atoms. The van der Waals surface area contributed by atoms with E-state index in [1.807, 2.05) is 61.5 Å². The largest absolute Gasteiger partial charge is 0.327 e. The van der Waals surface area contributed by atoms with Crippen molar-refractivity contribution >= 4 is 17.6 Å². The molecule has 5 nitrogen and oxygen atoms in total. The first-order valence-electron chi connectivity index (χ1n) is 7.76. The molecule has 1 atom stereocenters. The Kier molecular flexibility index (Phi) is 4.33. The lowest BCUT2D eigenvalue weighted by atomic mass is 9.94. The number of hydrogen-bond donors (Lipinski definition) is 3. The van der Waals surface area contributed by atoms with E-state index in [2.05, 4.69) is 16.0 Å². The van der Waals surface area contributed by atoms with Crippen LogP contribution >= 0.6 is 0 Å². The van der Waals surface area contributed by atoms with Gasteiger partial charge in [-0.1, -0.05) is 48.0 Å². The third kappa shape index (κ3) is 3.30. The van der Waals surface area contributed by atoms with Crippen LogP contribution in [0.4, 0.5) is 10.5 Å². The average molecular weight is 321 g/mol. The number of allylic oxidation sites excluding steroid dienone is 1. The molecule has 1 aliphatic heterocycles. The maximum absolute atomic E-state index is 12.8. The Morgan fingerprint density at radius 1 is 1.04 bits per heavy atom. The minimum absolute atomic E-state index is 0.238. The van der Waals surface area contributed by atoms with E-state index < -0.39 is 6.04 Å². The number of hydrogen-bond acceptors (Lipinski definition) is 2. The van der Waals surface area contributed by atoms with Gasteiger partial charge >= 0.3 is 6.03 Å². The van der Waals surface area contributed by atoms with Gasteiger partial charge in [-0.3, -0.25) is 4.79 Å². The number of carbonyl (C=O) groups excluding carboxylic acids is 2. The fourth-order valence-electron chi connectivity index (χ4n) is 2.81. The van der Waals surface area contributed by atoms with Gasteiger partial charge in [0.2, 0.25) is 0 Å². The lowest BCUT2D eigenvalue weighted by Crippen LogP contribution is -2.46. The summed E-state index contributed by atoms with van der Waals surface area (Å²) in [5.74, 6) is -0.238. The second-order valence-electron chi connectivity index (χ2n) is 5.80. The maximum atomic E-state index is 12.8. The molecule has 5 heteroatoms.